The van der Waals surface area contributed by atoms with Crippen molar-refractivity contribution in [3.63, 3.8) is 0 Å². The minimum Gasteiger partial charge on any atom is -0.445 e. The van der Waals surface area contributed by atoms with Crippen LogP contribution in [0.5, 0.6) is 0 Å². The molecule has 1 amide bonds. The quantitative estimate of drug-likeness (QED) is 0.191. The van der Waals surface area contributed by atoms with Gasteiger partial charge in [-0.3, -0.25) is 0 Å². The first-order valence-electron chi connectivity index (χ1n) is 13.9. The molecule has 1 N–H and O–H groups in total. The fraction of sp³-hybridized carbons (Fsp3) is 0.406. The summed E-state index contributed by atoms with van der Waals surface area (Å²) in [6.07, 6.45) is -0.459. The lowest BCUT2D eigenvalue weighted by Crippen LogP contribution is -2.66. The Bertz CT molecular complexity index is 1050. The average Bonchev–Trinajstić information content (AvgIpc) is 2.97. The van der Waals surface area contributed by atoms with E-state index in [9.17, 15) is 4.79 Å². The molecule has 40 heavy (non-hydrogen) atoms. The van der Waals surface area contributed by atoms with Gasteiger partial charge in [0, 0.05) is 6.54 Å². The number of ether oxygens (including phenoxy) is 4. The fourth-order valence-corrected chi connectivity index (χ4v) is 9.10. The Kier molecular flexibility index (Phi) is 13.3. The smallest absolute Gasteiger partial charge is 0.407 e. The average molecular weight is 566 g/mol. The second-order valence-electron chi connectivity index (χ2n) is 10.3. The normalized spacial score (nSPS) is 11.8. The molecule has 0 spiro atoms. The monoisotopic (exact) mass is 565 g/mol. The van der Waals surface area contributed by atoms with Gasteiger partial charge in [0.1, 0.15) is 6.61 Å². The van der Waals surface area contributed by atoms with Crippen molar-refractivity contribution in [2.45, 2.75) is 32.4 Å². The zero-order chi connectivity index (χ0) is 28.5. The SMILES string of the molecule is CC(C)(C)[Si](OCCOCCOCCOCCNC(=O)OCc1ccccc1)(c1ccccc1)c1ccccc1. The standard InChI is InChI=1S/C32H43NO6Si/c1-32(2,3)40(29-15-9-5-10-16-29,30-17-11-6-12-18-30)39-26-25-37-24-23-36-22-21-35-20-19-33-31(34)38-27-28-13-7-4-8-14-28/h4-18H,19-27H2,1-3H3,(H,33,34). The number of benzene rings is 3. The molecule has 0 aliphatic heterocycles. The number of hydrogen-bond donors (Lipinski definition) is 1. The molecule has 0 unspecified atom stereocenters. The number of alkyl carbamates (subject to hydrolysis) is 1. The van der Waals surface area contributed by atoms with Crippen LogP contribution in [0.2, 0.25) is 5.04 Å². The van der Waals surface area contributed by atoms with Crippen LogP contribution < -0.4 is 15.7 Å². The molecule has 0 saturated carbocycles. The minimum atomic E-state index is -2.54. The molecule has 0 heterocycles. The number of nitrogens with one attached hydrogen (secondary N) is 1. The Morgan fingerprint density at radius 1 is 0.650 bits per heavy atom. The van der Waals surface area contributed by atoms with Crippen molar-refractivity contribution in [1.82, 2.24) is 5.32 Å². The van der Waals surface area contributed by atoms with Gasteiger partial charge >= 0.3 is 6.09 Å². The molecule has 216 valence electrons. The molecular formula is C32H43NO6Si. The third kappa shape index (κ3) is 9.87. The lowest BCUT2D eigenvalue weighted by molar-refractivity contribution is 0.00920. The summed E-state index contributed by atoms with van der Waals surface area (Å²) in [5, 5.41) is 5.13. The number of carbonyl (C=O) groups excluding carboxylic acids is 1. The minimum absolute atomic E-state index is 0.0587. The van der Waals surface area contributed by atoms with Crippen molar-refractivity contribution < 1.29 is 28.2 Å². The first-order valence-corrected chi connectivity index (χ1v) is 15.8. The van der Waals surface area contributed by atoms with E-state index in [4.69, 9.17) is 23.4 Å². The molecule has 3 rings (SSSR count). The van der Waals surface area contributed by atoms with Crippen molar-refractivity contribution in [2.24, 2.45) is 0 Å². The number of amides is 1. The Morgan fingerprint density at radius 2 is 1.10 bits per heavy atom. The van der Waals surface area contributed by atoms with Gasteiger partial charge in [-0.2, -0.15) is 0 Å². The van der Waals surface area contributed by atoms with Crippen LogP contribution in [0, 0.1) is 0 Å². The third-order valence-electron chi connectivity index (χ3n) is 6.44. The van der Waals surface area contributed by atoms with Crippen LogP contribution >= 0.6 is 0 Å². The van der Waals surface area contributed by atoms with Crippen molar-refractivity contribution in [3.05, 3.63) is 96.6 Å². The van der Waals surface area contributed by atoms with Gasteiger partial charge in [0.2, 0.25) is 0 Å². The van der Waals surface area contributed by atoms with Crippen molar-refractivity contribution in [1.29, 1.82) is 0 Å². The van der Waals surface area contributed by atoms with E-state index in [0.29, 0.717) is 52.8 Å². The van der Waals surface area contributed by atoms with E-state index >= 15 is 0 Å². The van der Waals surface area contributed by atoms with E-state index < -0.39 is 14.4 Å². The summed E-state index contributed by atoms with van der Waals surface area (Å²) in [6, 6.07) is 30.8. The summed E-state index contributed by atoms with van der Waals surface area (Å²) in [5.74, 6) is 0. The van der Waals surface area contributed by atoms with Crippen LogP contribution in [0.15, 0.2) is 91.0 Å². The maximum absolute atomic E-state index is 11.7. The van der Waals surface area contributed by atoms with Crippen LogP contribution in [-0.2, 0) is 30.0 Å². The predicted octanol–water partition coefficient (Wildman–Crippen LogP) is 4.54. The Hall–Kier alpha value is -3.01. The highest BCUT2D eigenvalue weighted by Gasteiger charge is 2.49. The van der Waals surface area contributed by atoms with E-state index in [1.54, 1.807) is 0 Å². The molecule has 7 nitrogen and oxygen atoms in total. The van der Waals surface area contributed by atoms with Crippen LogP contribution in [0.1, 0.15) is 26.3 Å². The molecule has 8 heteroatoms. The Morgan fingerprint density at radius 3 is 1.60 bits per heavy atom. The van der Waals surface area contributed by atoms with E-state index in [2.05, 4.69) is 74.6 Å². The highest BCUT2D eigenvalue weighted by Crippen LogP contribution is 2.36. The lowest BCUT2D eigenvalue weighted by atomic mass is 10.2. The van der Waals surface area contributed by atoms with Crippen LogP contribution in [-0.4, -0.2) is 67.2 Å². The molecule has 0 aromatic heterocycles. The van der Waals surface area contributed by atoms with Crippen molar-refractivity contribution in [2.75, 3.05) is 52.8 Å². The molecule has 0 fully saturated rings. The maximum atomic E-state index is 11.7. The first-order chi connectivity index (χ1) is 19.4. The summed E-state index contributed by atoms with van der Waals surface area (Å²) in [5.41, 5.74) is 0.946. The molecule has 3 aromatic carbocycles. The van der Waals surface area contributed by atoms with E-state index in [0.717, 1.165) is 5.56 Å². The van der Waals surface area contributed by atoms with Crippen molar-refractivity contribution in [3.8, 4) is 0 Å². The summed E-state index contributed by atoms with van der Waals surface area (Å²) < 4.78 is 28.9. The van der Waals surface area contributed by atoms with Gasteiger partial charge in [0.05, 0.1) is 46.2 Å². The topological polar surface area (TPSA) is 75.3 Å². The van der Waals surface area contributed by atoms with Gasteiger partial charge in [-0.1, -0.05) is 112 Å². The second kappa shape index (κ2) is 16.9. The van der Waals surface area contributed by atoms with E-state index in [-0.39, 0.29) is 11.6 Å². The van der Waals surface area contributed by atoms with Gasteiger partial charge < -0.3 is 28.7 Å². The predicted molar refractivity (Wildman–Crippen MR) is 161 cm³/mol. The molecular weight excluding hydrogens is 522 g/mol. The van der Waals surface area contributed by atoms with Crippen LogP contribution in [0.25, 0.3) is 0 Å². The molecule has 3 aromatic rings. The fourth-order valence-electron chi connectivity index (χ4n) is 4.56. The maximum Gasteiger partial charge on any atom is 0.407 e. The summed E-state index contributed by atoms with van der Waals surface area (Å²) in [7, 11) is -2.54. The molecule has 0 atom stereocenters. The number of rotatable bonds is 17. The molecule has 0 aliphatic rings. The van der Waals surface area contributed by atoms with Gasteiger partial charge in [-0.25, -0.2) is 4.79 Å². The van der Waals surface area contributed by atoms with Crippen molar-refractivity contribution >= 4 is 24.8 Å². The Balaban J connectivity index is 1.27. The Labute approximate surface area is 239 Å². The summed E-state index contributed by atoms with van der Waals surface area (Å²) in [4.78, 5) is 11.7. The van der Waals surface area contributed by atoms with Crippen LogP contribution in [0.3, 0.4) is 0 Å². The lowest BCUT2D eigenvalue weighted by Gasteiger charge is -2.43. The van der Waals surface area contributed by atoms with Gasteiger partial charge in [0.25, 0.3) is 8.32 Å². The van der Waals surface area contributed by atoms with Gasteiger partial charge in [-0.15, -0.1) is 0 Å². The van der Waals surface area contributed by atoms with Gasteiger partial charge in [0.15, 0.2) is 0 Å². The largest absolute Gasteiger partial charge is 0.445 e. The van der Waals surface area contributed by atoms with Gasteiger partial charge in [-0.05, 0) is 21.0 Å². The zero-order valence-electron chi connectivity index (χ0n) is 24.0. The first kappa shape index (κ1) is 31.5. The molecule has 0 bridgehead atoms. The van der Waals surface area contributed by atoms with E-state index in [1.807, 2.05) is 42.5 Å². The number of hydrogen-bond acceptors (Lipinski definition) is 6. The highest BCUT2D eigenvalue weighted by atomic mass is 28.4. The molecule has 0 saturated heterocycles. The summed E-state index contributed by atoms with van der Waals surface area (Å²) >= 11 is 0. The van der Waals surface area contributed by atoms with Crippen LogP contribution in [0.4, 0.5) is 4.79 Å². The zero-order valence-corrected chi connectivity index (χ0v) is 25.0. The van der Waals surface area contributed by atoms with E-state index in [1.165, 1.54) is 10.4 Å². The third-order valence-corrected chi connectivity index (χ3v) is 11.5. The molecule has 0 radical (unpaired) electrons. The summed E-state index contributed by atoms with van der Waals surface area (Å²) in [6.45, 7) is 10.7. The molecule has 0 aliphatic carbocycles. The highest BCUT2D eigenvalue weighted by molar-refractivity contribution is 6.99. The second-order valence-corrected chi connectivity index (χ2v) is 14.6. The number of carbonyl (C=O) groups is 1.